The molecule has 2 heterocycles. The van der Waals surface area contributed by atoms with Gasteiger partial charge in [-0.15, -0.1) is 5.06 Å². The second-order valence-corrected chi connectivity index (χ2v) is 7.60. The average molecular weight is 386 g/mol. The van der Waals surface area contributed by atoms with Gasteiger partial charge in [0.05, 0.1) is 0 Å². The minimum atomic E-state index is -0.356. The number of carbonyl (C=O) groups is 1. The van der Waals surface area contributed by atoms with E-state index in [-0.39, 0.29) is 5.91 Å². The van der Waals surface area contributed by atoms with E-state index in [0.717, 1.165) is 30.2 Å². The van der Waals surface area contributed by atoms with Gasteiger partial charge < -0.3 is 15.9 Å². The Morgan fingerprint density at radius 1 is 0.966 bits per heavy atom. The van der Waals surface area contributed by atoms with Crippen LogP contribution < -0.4 is 15.9 Å². The number of anilines is 2. The highest BCUT2D eigenvalue weighted by molar-refractivity contribution is 5.94. The predicted octanol–water partition coefficient (Wildman–Crippen LogP) is 3.56. The second-order valence-electron chi connectivity index (χ2n) is 7.60. The molecule has 0 bridgehead atoms. The Hall–Kier alpha value is -3.38. The molecule has 0 radical (unpaired) electrons. The summed E-state index contributed by atoms with van der Waals surface area (Å²) in [5.74, 6) is 2.32. The molecule has 5 rings (SSSR count). The Bertz CT molecular complexity index is 1030. The molecule has 3 atom stereocenters. The number of pyridine rings is 1. The maximum atomic E-state index is 11.7. The number of nitrogens with zero attached hydrogens (tertiary/aromatic N) is 2. The molecular formula is C23H22N4O2. The molecule has 0 spiro atoms. The van der Waals surface area contributed by atoms with Gasteiger partial charge in [0.25, 0.3) is 0 Å². The number of para-hydroxylation sites is 1. The maximum Gasteiger partial charge on any atom is 0.248 e. The van der Waals surface area contributed by atoms with Crippen molar-refractivity contribution in [2.75, 3.05) is 18.4 Å². The molecule has 1 amide bonds. The molecule has 1 aliphatic heterocycles. The lowest BCUT2D eigenvalue weighted by Crippen LogP contribution is -2.28. The van der Waals surface area contributed by atoms with E-state index >= 15 is 0 Å². The molecule has 2 aromatic carbocycles. The van der Waals surface area contributed by atoms with Crippen LogP contribution in [0, 0.1) is 11.8 Å². The van der Waals surface area contributed by atoms with Crippen molar-refractivity contribution in [3.8, 4) is 5.88 Å². The summed E-state index contributed by atoms with van der Waals surface area (Å²) in [5, 5.41) is 5.24. The third-order valence-corrected chi connectivity index (χ3v) is 5.74. The number of nitrogens with one attached hydrogen (secondary N) is 1. The summed E-state index contributed by atoms with van der Waals surface area (Å²) in [5.41, 5.74) is 8.23. The first-order chi connectivity index (χ1) is 14.2. The van der Waals surface area contributed by atoms with Gasteiger partial charge in [0.15, 0.2) is 0 Å². The fraction of sp³-hybridized carbons (Fsp3) is 0.217. The van der Waals surface area contributed by atoms with Crippen LogP contribution in [0.2, 0.25) is 0 Å². The summed E-state index contributed by atoms with van der Waals surface area (Å²) in [6.45, 7) is 1.64. The molecule has 1 unspecified atom stereocenters. The van der Waals surface area contributed by atoms with Crippen LogP contribution in [-0.2, 0) is 0 Å². The van der Waals surface area contributed by atoms with Crippen LogP contribution >= 0.6 is 0 Å². The summed E-state index contributed by atoms with van der Waals surface area (Å²) in [7, 11) is 0. The molecule has 1 saturated heterocycles. The third-order valence-electron chi connectivity index (χ3n) is 5.74. The number of hydrogen-bond acceptors (Lipinski definition) is 5. The summed E-state index contributed by atoms with van der Waals surface area (Å²) in [4.78, 5) is 22.3. The second kappa shape index (κ2) is 7.22. The average Bonchev–Trinajstić information content (AvgIpc) is 3.23. The van der Waals surface area contributed by atoms with Gasteiger partial charge >= 0.3 is 0 Å². The summed E-state index contributed by atoms with van der Waals surface area (Å²) in [6.07, 6.45) is 0. The highest BCUT2D eigenvalue weighted by atomic mass is 16.7. The predicted molar refractivity (Wildman–Crippen MR) is 111 cm³/mol. The van der Waals surface area contributed by atoms with E-state index in [1.807, 2.05) is 77.9 Å². The quantitative estimate of drug-likeness (QED) is 0.677. The van der Waals surface area contributed by atoms with Crippen LogP contribution in [0.5, 0.6) is 5.88 Å². The first-order valence-corrected chi connectivity index (χ1v) is 9.80. The zero-order valence-corrected chi connectivity index (χ0v) is 15.9. The molecule has 6 heteroatoms. The smallest absolute Gasteiger partial charge is 0.248 e. The van der Waals surface area contributed by atoms with E-state index in [4.69, 9.17) is 10.6 Å². The highest BCUT2D eigenvalue weighted by Gasteiger charge is 2.57. The molecule has 2 aliphatic rings. The van der Waals surface area contributed by atoms with Gasteiger partial charge in [-0.25, -0.2) is 0 Å². The summed E-state index contributed by atoms with van der Waals surface area (Å²) >= 11 is 0. The number of rotatable bonds is 6. The minimum Gasteiger partial charge on any atom is -0.386 e. The lowest BCUT2D eigenvalue weighted by molar-refractivity contribution is -0.0515. The molecule has 1 aliphatic carbocycles. The standard InChI is InChI=1S/C23H22N4O2/c24-23(28)17-10-5-4-9-16(17)22-18-13-27(14-19(18)22)29-21-12-6-11-20(26-21)25-15-7-2-1-3-8-15/h1-12,18-19,22H,13-14H2,(H2,24,28)(H,25,26)/t18-,19+,22?. The normalized spacial score (nSPS) is 22.7. The number of amides is 1. The Kier molecular flexibility index (Phi) is 4.41. The number of fused-ring (bicyclic) bond motifs is 1. The minimum absolute atomic E-state index is 0.356. The van der Waals surface area contributed by atoms with Crippen molar-refractivity contribution in [1.29, 1.82) is 0 Å². The van der Waals surface area contributed by atoms with Crippen molar-refractivity contribution in [2.45, 2.75) is 5.92 Å². The topological polar surface area (TPSA) is 80.5 Å². The van der Waals surface area contributed by atoms with Gasteiger partial charge in [-0.1, -0.05) is 42.5 Å². The number of primary amides is 1. The number of hydroxylamine groups is 2. The van der Waals surface area contributed by atoms with Crippen molar-refractivity contribution >= 4 is 17.4 Å². The van der Waals surface area contributed by atoms with Crippen LogP contribution in [0.3, 0.4) is 0 Å². The van der Waals surface area contributed by atoms with Gasteiger partial charge in [0.1, 0.15) is 5.82 Å². The van der Waals surface area contributed by atoms with Crippen molar-refractivity contribution in [3.63, 3.8) is 0 Å². The molecule has 29 heavy (non-hydrogen) atoms. The number of benzene rings is 2. The van der Waals surface area contributed by atoms with Gasteiger partial charge in [0.2, 0.25) is 11.8 Å². The summed E-state index contributed by atoms with van der Waals surface area (Å²) < 4.78 is 0. The van der Waals surface area contributed by atoms with E-state index in [9.17, 15) is 4.79 Å². The van der Waals surface area contributed by atoms with Gasteiger partial charge in [-0.2, -0.15) is 4.98 Å². The largest absolute Gasteiger partial charge is 0.386 e. The molecule has 3 N–H and O–H groups in total. The number of carbonyl (C=O) groups excluding carboxylic acids is 1. The zero-order chi connectivity index (χ0) is 19.8. The van der Waals surface area contributed by atoms with Crippen LogP contribution in [0.1, 0.15) is 21.8 Å². The zero-order valence-electron chi connectivity index (χ0n) is 15.9. The summed E-state index contributed by atoms with van der Waals surface area (Å²) in [6, 6.07) is 23.3. The molecule has 2 fully saturated rings. The van der Waals surface area contributed by atoms with E-state index in [2.05, 4.69) is 10.3 Å². The molecule has 3 aromatic rings. The van der Waals surface area contributed by atoms with E-state index in [0.29, 0.717) is 29.2 Å². The number of piperidine rings is 1. The molecule has 1 saturated carbocycles. The van der Waals surface area contributed by atoms with Crippen LogP contribution in [-0.4, -0.2) is 29.0 Å². The number of aromatic nitrogens is 1. The Balaban J connectivity index is 1.22. The van der Waals surface area contributed by atoms with E-state index in [1.54, 1.807) is 0 Å². The highest BCUT2D eigenvalue weighted by Crippen LogP contribution is 2.58. The number of hydrogen-bond donors (Lipinski definition) is 2. The van der Waals surface area contributed by atoms with Crippen LogP contribution in [0.15, 0.2) is 72.8 Å². The SMILES string of the molecule is NC(=O)c1ccccc1C1[C@H]2CN(Oc3cccc(Nc4ccccc4)n3)C[C@@H]12. The first kappa shape index (κ1) is 17.7. The van der Waals surface area contributed by atoms with Gasteiger partial charge in [0, 0.05) is 30.4 Å². The van der Waals surface area contributed by atoms with Crippen molar-refractivity contribution < 1.29 is 9.63 Å². The van der Waals surface area contributed by atoms with Crippen molar-refractivity contribution in [3.05, 3.63) is 83.9 Å². The van der Waals surface area contributed by atoms with Gasteiger partial charge in [-0.05, 0) is 47.6 Å². The van der Waals surface area contributed by atoms with Crippen LogP contribution in [0.4, 0.5) is 11.5 Å². The third kappa shape index (κ3) is 3.54. The van der Waals surface area contributed by atoms with E-state index in [1.165, 1.54) is 0 Å². The maximum absolute atomic E-state index is 11.7. The van der Waals surface area contributed by atoms with Crippen LogP contribution in [0.25, 0.3) is 0 Å². The van der Waals surface area contributed by atoms with E-state index < -0.39 is 0 Å². The molecular weight excluding hydrogens is 364 g/mol. The van der Waals surface area contributed by atoms with Crippen molar-refractivity contribution in [1.82, 2.24) is 10.0 Å². The fourth-order valence-electron chi connectivity index (χ4n) is 4.37. The lowest BCUT2D eigenvalue weighted by Gasteiger charge is -2.20. The molecule has 146 valence electrons. The van der Waals surface area contributed by atoms with Gasteiger partial charge in [-0.3, -0.25) is 4.79 Å². The first-order valence-electron chi connectivity index (χ1n) is 9.80. The van der Waals surface area contributed by atoms with Crippen molar-refractivity contribution in [2.24, 2.45) is 17.6 Å². The Morgan fingerprint density at radius 3 is 2.45 bits per heavy atom. The Morgan fingerprint density at radius 2 is 1.69 bits per heavy atom. The lowest BCUT2D eigenvalue weighted by atomic mass is 10.00. The molecule has 1 aromatic heterocycles. The number of nitrogens with two attached hydrogens (primary N) is 1. The Labute approximate surface area is 169 Å². The monoisotopic (exact) mass is 386 g/mol. The fourth-order valence-corrected chi connectivity index (χ4v) is 4.37. The molecule has 6 nitrogen and oxygen atoms in total.